The maximum absolute atomic E-state index is 14.3. The van der Waals surface area contributed by atoms with E-state index >= 15 is 0 Å². The molecule has 4 N–H and O–H groups in total. The number of alkyl halides is 3. The lowest BCUT2D eigenvalue weighted by Crippen LogP contribution is -2.20. The van der Waals surface area contributed by atoms with E-state index in [1.165, 1.54) is 18.2 Å². The number of ether oxygens (including phenoxy) is 1. The Balaban J connectivity index is 1.50. The number of aromatic nitrogens is 2. The fourth-order valence-electron chi connectivity index (χ4n) is 3.09. The van der Waals surface area contributed by atoms with Crippen molar-refractivity contribution in [2.45, 2.75) is 12.7 Å². The molecule has 0 atom stereocenters. The summed E-state index contributed by atoms with van der Waals surface area (Å²) in [6, 6.07) is 10.4. The molecule has 35 heavy (non-hydrogen) atoms. The predicted molar refractivity (Wildman–Crippen MR) is 123 cm³/mol. The average Bonchev–Trinajstić information content (AvgIpc) is 2.81. The number of anilines is 2. The van der Waals surface area contributed by atoms with Gasteiger partial charge < -0.3 is 21.1 Å². The van der Waals surface area contributed by atoms with E-state index in [9.17, 15) is 22.4 Å². The van der Waals surface area contributed by atoms with Crippen LogP contribution in [0.2, 0.25) is 5.02 Å². The Labute approximate surface area is 200 Å². The molecular formula is C23H16ClF4N5O2. The van der Waals surface area contributed by atoms with Gasteiger partial charge in [0.15, 0.2) is 11.6 Å². The van der Waals surface area contributed by atoms with Crippen LogP contribution in [-0.2, 0) is 12.7 Å². The highest BCUT2D eigenvalue weighted by atomic mass is 35.5. The van der Waals surface area contributed by atoms with E-state index in [0.29, 0.717) is 22.8 Å². The van der Waals surface area contributed by atoms with Gasteiger partial charge in [0.1, 0.15) is 5.75 Å². The molecule has 4 aromatic rings. The first-order valence-electron chi connectivity index (χ1n) is 10.0. The number of benzene rings is 3. The largest absolute Gasteiger partial charge is 0.454 e. The van der Waals surface area contributed by atoms with E-state index in [4.69, 9.17) is 22.1 Å². The summed E-state index contributed by atoms with van der Waals surface area (Å²) in [5.74, 6) is -0.636. The molecule has 0 bridgehead atoms. The summed E-state index contributed by atoms with van der Waals surface area (Å²) in [6.07, 6.45) is -3.13. The Morgan fingerprint density at radius 2 is 1.71 bits per heavy atom. The predicted octanol–water partition coefficient (Wildman–Crippen LogP) is 6.34. The zero-order chi connectivity index (χ0) is 25.2. The summed E-state index contributed by atoms with van der Waals surface area (Å²) >= 11 is 5.58. The van der Waals surface area contributed by atoms with Gasteiger partial charge >= 0.3 is 12.2 Å². The highest BCUT2D eigenvalue weighted by Gasteiger charge is 2.33. The molecule has 0 unspecified atom stereocenters. The van der Waals surface area contributed by atoms with Crippen LogP contribution in [0.15, 0.2) is 60.8 Å². The zero-order valence-corrected chi connectivity index (χ0v) is 18.4. The average molecular weight is 506 g/mol. The number of halogens is 5. The second kappa shape index (κ2) is 9.72. The Hall–Kier alpha value is -3.96. The molecule has 0 fully saturated rings. The van der Waals surface area contributed by atoms with E-state index in [-0.39, 0.29) is 29.4 Å². The number of hydrogen-bond acceptors (Lipinski definition) is 5. The summed E-state index contributed by atoms with van der Waals surface area (Å²) in [7, 11) is 0. The molecule has 0 aliphatic rings. The van der Waals surface area contributed by atoms with E-state index in [2.05, 4.69) is 20.6 Å². The van der Waals surface area contributed by atoms with E-state index < -0.39 is 28.6 Å². The lowest BCUT2D eigenvalue weighted by Gasteiger charge is -2.13. The molecule has 4 rings (SSSR count). The highest BCUT2D eigenvalue weighted by Crippen LogP contribution is 2.36. The summed E-state index contributed by atoms with van der Waals surface area (Å²) in [5.41, 5.74) is 6.16. The third-order valence-corrected chi connectivity index (χ3v) is 5.05. The Kier molecular flexibility index (Phi) is 6.72. The Morgan fingerprint density at radius 1 is 1.00 bits per heavy atom. The molecule has 0 aliphatic heterocycles. The molecule has 1 aromatic heterocycles. The lowest BCUT2D eigenvalue weighted by molar-refractivity contribution is -0.137. The summed E-state index contributed by atoms with van der Waals surface area (Å²) < 4.78 is 59.0. The van der Waals surface area contributed by atoms with Crippen LogP contribution in [0.1, 0.15) is 11.3 Å². The third kappa shape index (κ3) is 5.76. The van der Waals surface area contributed by atoms with Gasteiger partial charge in [-0.3, -0.25) is 4.98 Å². The first-order chi connectivity index (χ1) is 16.6. The molecule has 0 spiro atoms. The first-order valence-corrected chi connectivity index (χ1v) is 10.4. The number of nitrogens with one attached hydrogen (secondary N) is 2. The van der Waals surface area contributed by atoms with Gasteiger partial charge in [-0.15, -0.1) is 0 Å². The van der Waals surface area contributed by atoms with E-state index in [0.717, 1.165) is 12.1 Å². The number of carbonyl (C=O) groups is 1. The topological polar surface area (TPSA) is 102 Å². The molecule has 0 saturated heterocycles. The Morgan fingerprint density at radius 3 is 2.43 bits per heavy atom. The maximum Gasteiger partial charge on any atom is 0.417 e. The maximum atomic E-state index is 14.3. The van der Waals surface area contributed by atoms with Crippen molar-refractivity contribution in [1.29, 1.82) is 0 Å². The number of urea groups is 1. The third-order valence-electron chi connectivity index (χ3n) is 4.72. The number of nitrogens with zero attached hydrogens (tertiary/aromatic N) is 2. The van der Waals surface area contributed by atoms with Gasteiger partial charge in [-0.1, -0.05) is 11.6 Å². The van der Waals surface area contributed by atoms with Crippen molar-refractivity contribution in [2.75, 3.05) is 10.6 Å². The number of carbonyl (C=O) groups excluding carboxylic acids is 1. The van der Waals surface area contributed by atoms with Crippen LogP contribution < -0.4 is 21.1 Å². The zero-order valence-electron chi connectivity index (χ0n) is 17.7. The van der Waals surface area contributed by atoms with Gasteiger partial charge in [-0.05, 0) is 42.5 Å². The van der Waals surface area contributed by atoms with E-state index in [1.807, 2.05) is 0 Å². The molecule has 1 heterocycles. The quantitative estimate of drug-likeness (QED) is 0.275. The van der Waals surface area contributed by atoms with Gasteiger partial charge in [0, 0.05) is 30.1 Å². The molecule has 0 saturated carbocycles. The minimum absolute atomic E-state index is 0.132. The highest BCUT2D eigenvalue weighted by molar-refractivity contribution is 6.31. The van der Waals surface area contributed by atoms with Crippen LogP contribution in [0, 0.1) is 5.82 Å². The monoisotopic (exact) mass is 505 g/mol. The molecule has 180 valence electrons. The second-order valence-electron chi connectivity index (χ2n) is 7.23. The van der Waals surface area contributed by atoms with Crippen molar-refractivity contribution in [1.82, 2.24) is 9.97 Å². The summed E-state index contributed by atoms with van der Waals surface area (Å²) in [6.45, 7) is 0.200. The second-order valence-corrected chi connectivity index (χ2v) is 7.64. The molecule has 3 aromatic carbocycles. The number of nitrogens with two attached hydrogens (primary N) is 1. The molecule has 12 heteroatoms. The number of hydrogen-bond donors (Lipinski definition) is 3. The normalized spacial score (nSPS) is 11.4. The number of fused-ring (bicyclic) bond motifs is 1. The van der Waals surface area contributed by atoms with Crippen molar-refractivity contribution < 1.29 is 27.1 Å². The lowest BCUT2D eigenvalue weighted by atomic mass is 10.2. The molecule has 0 radical (unpaired) electrons. The summed E-state index contributed by atoms with van der Waals surface area (Å²) in [4.78, 5) is 20.9. The van der Waals surface area contributed by atoms with Crippen molar-refractivity contribution in [3.63, 3.8) is 0 Å². The minimum Gasteiger partial charge on any atom is -0.454 e. The van der Waals surface area contributed by atoms with Crippen molar-refractivity contribution in [3.8, 4) is 11.5 Å². The fourth-order valence-corrected chi connectivity index (χ4v) is 3.32. The van der Waals surface area contributed by atoms with Gasteiger partial charge in [-0.25, -0.2) is 14.2 Å². The van der Waals surface area contributed by atoms with Gasteiger partial charge in [0.2, 0.25) is 0 Å². The molecular weight excluding hydrogens is 490 g/mol. The van der Waals surface area contributed by atoms with Gasteiger partial charge in [0.25, 0.3) is 0 Å². The SMILES string of the molecule is NCc1cnc2ccc(Oc3cc(NC(=O)Nc4ccc(Cl)c(C(F)(F)F)c4)ccc3F)cc2n1. The molecule has 7 nitrogen and oxygen atoms in total. The summed E-state index contributed by atoms with van der Waals surface area (Å²) in [5, 5.41) is 4.19. The smallest absolute Gasteiger partial charge is 0.417 e. The van der Waals surface area contributed by atoms with Crippen LogP contribution in [-0.4, -0.2) is 16.0 Å². The molecule has 0 aliphatic carbocycles. The van der Waals surface area contributed by atoms with Crippen LogP contribution in [0.25, 0.3) is 11.0 Å². The van der Waals surface area contributed by atoms with E-state index in [1.54, 1.807) is 24.4 Å². The first kappa shape index (κ1) is 24.2. The standard InChI is InChI=1S/C23H16ClF4N5O2/c24-17-4-1-12(7-16(17)23(26,27)28)32-22(34)33-13-2-5-18(25)21(8-13)35-15-3-6-19-20(9-15)31-14(10-29)11-30-19/h1-9,11H,10,29H2,(H2,32,33,34). The van der Waals surface area contributed by atoms with Crippen LogP contribution in [0.4, 0.5) is 33.7 Å². The van der Waals surface area contributed by atoms with Crippen LogP contribution in [0.5, 0.6) is 11.5 Å². The van der Waals surface area contributed by atoms with Gasteiger partial charge in [-0.2, -0.15) is 13.2 Å². The van der Waals surface area contributed by atoms with Crippen molar-refractivity contribution in [3.05, 3.63) is 82.9 Å². The molecule has 2 amide bonds. The van der Waals surface area contributed by atoms with Crippen LogP contribution in [0.3, 0.4) is 0 Å². The number of amides is 2. The van der Waals surface area contributed by atoms with Crippen molar-refractivity contribution >= 4 is 40.0 Å². The van der Waals surface area contributed by atoms with Gasteiger partial charge in [0.05, 0.1) is 33.5 Å². The Bertz CT molecular complexity index is 1410. The van der Waals surface area contributed by atoms with Crippen molar-refractivity contribution in [2.24, 2.45) is 5.73 Å². The fraction of sp³-hybridized carbons (Fsp3) is 0.0870. The minimum atomic E-state index is -4.69. The van der Waals surface area contributed by atoms with Crippen LogP contribution >= 0.6 is 11.6 Å². The number of rotatable bonds is 5.